The monoisotopic (exact) mass is 318 g/mol. The third-order valence-electron chi connectivity index (χ3n) is 2.30. The van der Waals surface area contributed by atoms with E-state index < -0.39 is 0 Å². The summed E-state index contributed by atoms with van der Waals surface area (Å²) in [5.74, 6) is 0. The van der Waals surface area contributed by atoms with Gasteiger partial charge in [0.25, 0.3) is 0 Å². The van der Waals surface area contributed by atoms with Crippen LogP contribution in [0.4, 0.5) is 0 Å². The summed E-state index contributed by atoms with van der Waals surface area (Å²) in [6.07, 6.45) is 0. The van der Waals surface area contributed by atoms with Gasteiger partial charge in [-0.25, -0.2) is 4.98 Å². The van der Waals surface area contributed by atoms with Crippen LogP contribution in [0.2, 0.25) is 0 Å². The fourth-order valence-electron chi connectivity index (χ4n) is 1.66. The molecule has 0 N–H and O–H groups in total. The molecule has 1 aromatic carbocycles. The third kappa shape index (κ3) is 3.34. The lowest BCUT2D eigenvalue weighted by molar-refractivity contribution is 1.05. The summed E-state index contributed by atoms with van der Waals surface area (Å²) in [4.78, 5) is 5.49. The summed E-state index contributed by atoms with van der Waals surface area (Å²) in [5, 5.41) is 9.90. The van der Waals surface area contributed by atoms with E-state index in [1.807, 2.05) is 31.2 Å². The topological polar surface area (TPSA) is 36.7 Å². The van der Waals surface area contributed by atoms with Crippen LogP contribution in [-0.2, 0) is 0 Å². The van der Waals surface area contributed by atoms with Crippen molar-refractivity contribution in [2.24, 2.45) is 0 Å². The summed E-state index contributed by atoms with van der Waals surface area (Å²) in [5.41, 5.74) is 2.85. The minimum absolute atomic E-state index is 0.649. The molecule has 0 aliphatic carbocycles. The Morgan fingerprint density at radius 3 is 2.61 bits per heavy atom. The molecule has 1 heterocycles. The summed E-state index contributed by atoms with van der Waals surface area (Å²) < 4.78 is 0.911. The number of benzene rings is 1. The number of aryl methyl sites for hydroxylation is 2. The van der Waals surface area contributed by atoms with Gasteiger partial charge >= 0.3 is 0 Å². The van der Waals surface area contributed by atoms with Crippen LogP contribution in [0.1, 0.15) is 16.8 Å². The highest BCUT2D eigenvalue weighted by Gasteiger charge is 2.04. The van der Waals surface area contributed by atoms with Crippen LogP contribution in [0.3, 0.4) is 0 Å². The van der Waals surface area contributed by atoms with Gasteiger partial charge < -0.3 is 0 Å². The number of hydrogen-bond donors (Lipinski definition) is 0. The van der Waals surface area contributed by atoms with Crippen LogP contribution < -0.4 is 0 Å². The van der Waals surface area contributed by atoms with Gasteiger partial charge in [0, 0.05) is 15.1 Å². The Morgan fingerprint density at radius 2 is 1.94 bits per heavy atom. The highest BCUT2D eigenvalue weighted by Crippen LogP contribution is 2.30. The third-order valence-corrected chi connectivity index (χ3v) is 3.64. The summed E-state index contributed by atoms with van der Waals surface area (Å²) in [6, 6.07) is 11.9. The number of nitrogens with zero attached hydrogens (tertiary/aromatic N) is 2. The molecule has 0 aliphatic heterocycles. The molecule has 2 rings (SSSR count). The fourth-order valence-corrected chi connectivity index (χ4v) is 3.36. The van der Waals surface area contributed by atoms with Crippen LogP contribution in [-0.4, -0.2) is 4.98 Å². The van der Waals surface area contributed by atoms with E-state index in [1.54, 1.807) is 17.8 Å². The van der Waals surface area contributed by atoms with Crippen molar-refractivity contribution in [3.8, 4) is 6.07 Å². The normalized spacial score (nSPS) is 10.1. The Bertz CT molecular complexity index is 612. The van der Waals surface area contributed by atoms with Crippen LogP contribution in [0.15, 0.2) is 44.7 Å². The lowest BCUT2D eigenvalue weighted by Crippen LogP contribution is -1.87. The van der Waals surface area contributed by atoms with Crippen molar-refractivity contribution >= 4 is 27.7 Å². The van der Waals surface area contributed by atoms with E-state index >= 15 is 0 Å². The van der Waals surface area contributed by atoms with Gasteiger partial charge in [0.05, 0.1) is 11.6 Å². The average Bonchev–Trinajstić information content (AvgIpc) is 2.26. The zero-order chi connectivity index (χ0) is 13.1. The number of pyridine rings is 1. The lowest BCUT2D eigenvalue weighted by atomic mass is 10.2. The number of rotatable bonds is 2. The van der Waals surface area contributed by atoms with E-state index in [0.29, 0.717) is 5.56 Å². The first kappa shape index (κ1) is 13.1. The van der Waals surface area contributed by atoms with Crippen molar-refractivity contribution < 1.29 is 0 Å². The molecule has 2 aromatic rings. The molecule has 4 heteroatoms. The van der Waals surface area contributed by atoms with E-state index in [9.17, 15) is 0 Å². The quantitative estimate of drug-likeness (QED) is 0.818. The maximum absolute atomic E-state index is 8.95. The molecule has 0 fully saturated rings. The van der Waals surface area contributed by atoms with E-state index in [2.05, 4.69) is 33.9 Å². The van der Waals surface area contributed by atoms with Crippen molar-refractivity contribution in [1.82, 2.24) is 4.98 Å². The fraction of sp³-hybridized carbons (Fsp3) is 0.143. The second kappa shape index (κ2) is 5.55. The second-order valence-corrected chi connectivity index (χ2v) is 6.02. The molecule has 0 bridgehead atoms. The van der Waals surface area contributed by atoms with Crippen molar-refractivity contribution in [3.63, 3.8) is 0 Å². The van der Waals surface area contributed by atoms with Gasteiger partial charge in [-0.15, -0.1) is 0 Å². The number of aromatic nitrogens is 1. The first-order chi connectivity index (χ1) is 8.56. The molecule has 0 saturated carbocycles. The number of hydrogen-bond acceptors (Lipinski definition) is 3. The Balaban J connectivity index is 2.34. The average molecular weight is 319 g/mol. The van der Waals surface area contributed by atoms with E-state index in [0.717, 1.165) is 20.1 Å². The molecule has 0 aliphatic rings. The zero-order valence-corrected chi connectivity index (χ0v) is 12.5. The predicted molar refractivity (Wildman–Crippen MR) is 76.7 cm³/mol. The van der Waals surface area contributed by atoms with Gasteiger partial charge in [-0.2, -0.15) is 5.26 Å². The maximum Gasteiger partial charge on any atom is 0.101 e. The Morgan fingerprint density at radius 1 is 1.17 bits per heavy atom. The molecule has 0 radical (unpaired) electrons. The maximum atomic E-state index is 8.95. The number of nitriles is 1. The minimum atomic E-state index is 0.649. The Labute approximate surface area is 119 Å². The highest BCUT2D eigenvalue weighted by atomic mass is 79.9. The van der Waals surface area contributed by atoms with Gasteiger partial charge in [-0.1, -0.05) is 27.7 Å². The van der Waals surface area contributed by atoms with Crippen molar-refractivity contribution in [2.45, 2.75) is 23.8 Å². The Hall–Kier alpha value is -1.31. The van der Waals surface area contributed by atoms with E-state index in [4.69, 9.17) is 5.26 Å². The smallest absolute Gasteiger partial charge is 0.101 e. The van der Waals surface area contributed by atoms with Gasteiger partial charge in [0.15, 0.2) is 0 Å². The predicted octanol–water partition coefficient (Wildman–Crippen LogP) is 4.48. The van der Waals surface area contributed by atoms with E-state index in [-0.39, 0.29) is 0 Å². The van der Waals surface area contributed by atoms with Gasteiger partial charge in [-0.3, -0.25) is 0 Å². The molecule has 0 amide bonds. The van der Waals surface area contributed by atoms with Gasteiger partial charge in [0.2, 0.25) is 0 Å². The summed E-state index contributed by atoms with van der Waals surface area (Å²) >= 11 is 4.98. The first-order valence-electron chi connectivity index (χ1n) is 5.40. The summed E-state index contributed by atoms with van der Waals surface area (Å²) in [6.45, 7) is 4.04. The van der Waals surface area contributed by atoms with Crippen molar-refractivity contribution in [2.75, 3.05) is 0 Å². The van der Waals surface area contributed by atoms with Gasteiger partial charge in [0.1, 0.15) is 5.03 Å². The molecule has 0 saturated heterocycles. The molecule has 0 unspecified atom stereocenters. The second-order valence-electron chi connectivity index (χ2n) is 4.01. The minimum Gasteiger partial charge on any atom is -0.246 e. The highest BCUT2D eigenvalue weighted by molar-refractivity contribution is 9.10. The van der Waals surface area contributed by atoms with Crippen LogP contribution >= 0.6 is 27.7 Å². The molecular weight excluding hydrogens is 308 g/mol. The van der Waals surface area contributed by atoms with Crippen LogP contribution in [0, 0.1) is 25.2 Å². The number of halogens is 1. The largest absolute Gasteiger partial charge is 0.246 e. The standard InChI is InChI=1S/C14H11BrN2S/c1-9-3-10(2)17-14(4-9)18-13-6-11(8-16)5-12(15)7-13/h3-7H,1-2H3. The molecule has 18 heavy (non-hydrogen) atoms. The molecular formula is C14H11BrN2S. The first-order valence-corrected chi connectivity index (χ1v) is 7.01. The molecule has 1 aromatic heterocycles. The zero-order valence-electron chi connectivity index (χ0n) is 10.1. The van der Waals surface area contributed by atoms with Crippen LogP contribution in [0.25, 0.3) is 0 Å². The van der Waals surface area contributed by atoms with Gasteiger partial charge in [-0.05, 0) is 49.7 Å². The Kier molecular flexibility index (Phi) is 4.05. The molecule has 90 valence electrons. The summed E-state index contributed by atoms with van der Waals surface area (Å²) in [7, 11) is 0. The van der Waals surface area contributed by atoms with Crippen molar-refractivity contribution in [1.29, 1.82) is 5.26 Å². The van der Waals surface area contributed by atoms with E-state index in [1.165, 1.54) is 5.56 Å². The molecule has 0 atom stereocenters. The molecule has 2 nitrogen and oxygen atoms in total. The van der Waals surface area contributed by atoms with Crippen LogP contribution in [0.5, 0.6) is 0 Å². The van der Waals surface area contributed by atoms with Crippen molar-refractivity contribution in [3.05, 3.63) is 51.6 Å². The lowest BCUT2D eigenvalue weighted by Gasteiger charge is -2.05. The SMILES string of the molecule is Cc1cc(C)nc(Sc2cc(Br)cc(C#N)c2)c1. The molecule has 0 spiro atoms.